The zero-order valence-corrected chi connectivity index (χ0v) is 10.3. The molecule has 4 N–H and O–H groups in total. The van der Waals surface area contributed by atoms with Gasteiger partial charge in [-0.15, -0.1) is 0 Å². The fourth-order valence-corrected chi connectivity index (χ4v) is 2.58. The van der Waals surface area contributed by atoms with Crippen molar-refractivity contribution in [2.75, 3.05) is 0 Å². The second-order valence-electron chi connectivity index (χ2n) is 3.79. The highest BCUT2D eigenvalue weighted by molar-refractivity contribution is 8.03. The Hall–Kier alpha value is -1.75. The monoisotopic (exact) mass is 247 g/mol. The van der Waals surface area contributed by atoms with Gasteiger partial charge in [0.25, 0.3) is 5.91 Å². The second kappa shape index (κ2) is 4.63. The van der Waals surface area contributed by atoms with Crippen LogP contribution in [0.2, 0.25) is 0 Å². The van der Waals surface area contributed by atoms with Gasteiger partial charge in [0.2, 0.25) is 0 Å². The number of nitrogens with two attached hydrogens (primary N) is 2. The van der Waals surface area contributed by atoms with E-state index in [0.29, 0.717) is 5.56 Å². The molecule has 0 aliphatic carbocycles. The van der Waals surface area contributed by atoms with Crippen LogP contribution in [-0.2, 0) is 6.42 Å². The van der Waals surface area contributed by atoms with Gasteiger partial charge in [0.1, 0.15) is 0 Å². The first kappa shape index (κ1) is 11.7. The Balaban J connectivity index is 2.32. The van der Waals surface area contributed by atoms with Crippen LogP contribution in [-0.4, -0.2) is 11.9 Å². The van der Waals surface area contributed by atoms with Crippen LogP contribution in [0, 0.1) is 0 Å². The number of amides is 1. The fourth-order valence-electron chi connectivity index (χ4n) is 1.60. The van der Waals surface area contributed by atoms with E-state index < -0.39 is 5.91 Å². The van der Waals surface area contributed by atoms with Crippen molar-refractivity contribution in [3.8, 4) is 0 Å². The van der Waals surface area contributed by atoms with Crippen LogP contribution in [0.4, 0.5) is 0 Å². The highest BCUT2D eigenvalue weighted by Crippen LogP contribution is 2.34. The van der Waals surface area contributed by atoms with E-state index in [9.17, 15) is 4.79 Å². The number of guanidine groups is 1. The molecule has 0 saturated heterocycles. The molecule has 2 rings (SSSR count). The normalized spacial score (nSPS) is 13.6. The SMILES string of the molecule is CC1=CCc2ccc(C(=O)N=C(N)N)cc2S1. The summed E-state index contributed by atoms with van der Waals surface area (Å²) in [5, 5.41) is 0. The minimum atomic E-state index is -0.402. The molecule has 0 bridgehead atoms. The number of benzene rings is 1. The first-order valence-electron chi connectivity index (χ1n) is 5.18. The van der Waals surface area contributed by atoms with Crippen LogP contribution < -0.4 is 11.5 Å². The van der Waals surface area contributed by atoms with Crippen molar-refractivity contribution in [3.63, 3.8) is 0 Å². The number of allylic oxidation sites excluding steroid dienone is 2. The van der Waals surface area contributed by atoms with Gasteiger partial charge < -0.3 is 11.5 Å². The number of hydrogen-bond donors (Lipinski definition) is 2. The Morgan fingerprint density at radius 1 is 1.41 bits per heavy atom. The van der Waals surface area contributed by atoms with E-state index in [1.807, 2.05) is 12.1 Å². The third kappa shape index (κ3) is 2.68. The summed E-state index contributed by atoms with van der Waals surface area (Å²) in [4.78, 5) is 17.5. The van der Waals surface area contributed by atoms with Crippen molar-refractivity contribution < 1.29 is 4.79 Å². The Morgan fingerprint density at radius 3 is 2.88 bits per heavy atom. The zero-order valence-electron chi connectivity index (χ0n) is 9.43. The van der Waals surface area contributed by atoms with Crippen molar-refractivity contribution in [1.82, 2.24) is 0 Å². The molecule has 0 saturated carbocycles. The van der Waals surface area contributed by atoms with Gasteiger partial charge in [0.05, 0.1) is 0 Å². The van der Waals surface area contributed by atoms with Gasteiger partial charge in [-0.3, -0.25) is 4.79 Å². The maximum Gasteiger partial charge on any atom is 0.280 e. The topological polar surface area (TPSA) is 81.5 Å². The van der Waals surface area contributed by atoms with Gasteiger partial charge in [0.15, 0.2) is 5.96 Å². The molecular formula is C12H13N3OS. The van der Waals surface area contributed by atoms with E-state index in [-0.39, 0.29) is 5.96 Å². The highest BCUT2D eigenvalue weighted by Gasteiger charge is 2.12. The summed E-state index contributed by atoms with van der Waals surface area (Å²) < 4.78 is 0. The quantitative estimate of drug-likeness (QED) is 0.584. The number of rotatable bonds is 1. The lowest BCUT2D eigenvalue weighted by atomic mass is 10.1. The van der Waals surface area contributed by atoms with Crippen LogP contribution in [0.1, 0.15) is 22.8 Å². The first-order chi connectivity index (χ1) is 8.06. The van der Waals surface area contributed by atoms with E-state index >= 15 is 0 Å². The summed E-state index contributed by atoms with van der Waals surface area (Å²) in [5.41, 5.74) is 12.1. The van der Waals surface area contributed by atoms with Crippen LogP contribution in [0.15, 0.2) is 39.1 Å². The summed E-state index contributed by atoms with van der Waals surface area (Å²) in [6.45, 7) is 2.05. The van der Waals surface area contributed by atoms with Crippen LogP contribution >= 0.6 is 11.8 Å². The summed E-state index contributed by atoms with van der Waals surface area (Å²) >= 11 is 1.66. The van der Waals surface area contributed by atoms with Gasteiger partial charge >= 0.3 is 0 Å². The van der Waals surface area contributed by atoms with Crippen molar-refractivity contribution in [3.05, 3.63) is 40.3 Å². The van der Waals surface area contributed by atoms with Crippen molar-refractivity contribution in [2.24, 2.45) is 16.5 Å². The summed E-state index contributed by atoms with van der Waals surface area (Å²) in [6, 6.07) is 5.54. The van der Waals surface area contributed by atoms with Gasteiger partial charge in [-0.2, -0.15) is 4.99 Å². The Morgan fingerprint density at radius 2 is 2.18 bits per heavy atom. The maximum absolute atomic E-state index is 11.7. The van der Waals surface area contributed by atoms with E-state index in [2.05, 4.69) is 18.0 Å². The molecular weight excluding hydrogens is 234 g/mol. The summed E-state index contributed by atoms with van der Waals surface area (Å²) in [5.74, 6) is -0.614. The van der Waals surface area contributed by atoms with Crippen molar-refractivity contribution in [2.45, 2.75) is 18.2 Å². The lowest BCUT2D eigenvalue weighted by Crippen LogP contribution is -2.24. The van der Waals surface area contributed by atoms with Crippen LogP contribution in [0.25, 0.3) is 0 Å². The van der Waals surface area contributed by atoms with Crippen molar-refractivity contribution in [1.29, 1.82) is 0 Å². The fraction of sp³-hybridized carbons (Fsp3) is 0.167. The number of thioether (sulfide) groups is 1. The summed E-state index contributed by atoms with van der Waals surface area (Å²) in [7, 11) is 0. The maximum atomic E-state index is 11.7. The number of hydrogen-bond acceptors (Lipinski definition) is 2. The second-order valence-corrected chi connectivity index (χ2v) is 5.07. The van der Waals surface area contributed by atoms with E-state index in [1.165, 1.54) is 10.5 Å². The molecule has 0 radical (unpaired) electrons. The van der Waals surface area contributed by atoms with E-state index in [0.717, 1.165) is 11.3 Å². The predicted molar refractivity (Wildman–Crippen MR) is 69.9 cm³/mol. The minimum absolute atomic E-state index is 0.212. The van der Waals surface area contributed by atoms with Crippen LogP contribution in [0.3, 0.4) is 0 Å². The average Bonchev–Trinajstić information content (AvgIpc) is 2.27. The molecule has 0 atom stereocenters. The van der Waals surface area contributed by atoms with Crippen molar-refractivity contribution >= 4 is 23.6 Å². The number of nitrogens with zero attached hydrogens (tertiary/aromatic N) is 1. The molecule has 4 nitrogen and oxygen atoms in total. The molecule has 0 unspecified atom stereocenters. The van der Waals surface area contributed by atoms with Gasteiger partial charge in [-0.05, 0) is 35.9 Å². The Kier molecular flexibility index (Phi) is 3.19. The third-order valence-corrected chi connectivity index (χ3v) is 3.51. The molecule has 1 amide bonds. The van der Waals surface area contributed by atoms with E-state index in [4.69, 9.17) is 11.5 Å². The lowest BCUT2D eigenvalue weighted by molar-refractivity contribution is 0.100. The molecule has 1 aromatic carbocycles. The number of carbonyl (C=O) groups is 1. The molecule has 1 heterocycles. The van der Waals surface area contributed by atoms with Gasteiger partial charge in [-0.25, -0.2) is 0 Å². The van der Waals surface area contributed by atoms with E-state index in [1.54, 1.807) is 17.8 Å². The Bertz CT molecular complexity index is 531. The number of aliphatic imine (C=N–C) groups is 1. The lowest BCUT2D eigenvalue weighted by Gasteiger charge is -2.14. The number of fused-ring (bicyclic) bond motifs is 1. The van der Waals surface area contributed by atoms with Gasteiger partial charge in [-0.1, -0.05) is 23.9 Å². The van der Waals surface area contributed by atoms with Gasteiger partial charge in [0, 0.05) is 10.5 Å². The number of carbonyl (C=O) groups excluding carboxylic acids is 1. The van der Waals surface area contributed by atoms with Crippen LogP contribution in [0.5, 0.6) is 0 Å². The smallest absolute Gasteiger partial charge is 0.280 e. The molecule has 1 aromatic rings. The molecule has 1 aliphatic heterocycles. The molecule has 17 heavy (non-hydrogen) atoms. The highest BCUT2D eigenvalue weighted by atomic mass is 32.2. The molecule has 0 spiro atoms. The first-order valence-corrected chi connectivity index (χ1v) is 5.99. The average molecular weight is 247 g/mol. The predicted octanol–water partition coefficient (Wildman–Crippen LogP) is 1.65. The Labute approximate surface area is 104 Å². The standard InChI is InChI=1S/C12H13N3OS/c1-7-2-3-8-4-5-9(6-10(8)17-7)11(16)15-12(13)14/h2,4-6H,3H2,1H3,(H4,13,14,15,16). The largest absolute Gasteiger partial charge is 0.370 e. The molecule has 0 aromatic heterocycles. The summed E-state index contributed by atoms with van der Waals surface area (Å²) in [6.07, 6.45) is 3.08. The minimum Gasteiger partial charge on any atom is -0.370 e. The molecule has 1 aliphatic rings. The molecule has 5 heteroatoms. The molecule has 0 fully saturated rings. The zero-order chi connectivity index (χ0) is 12.4. The molecule has 88 valence electrons. The third-order valence-electron chi connectivity index (χ3n) is 2.43.